The van der Waals surface area contributed by atoms with Crippen LogP contribution in [-0.2, 0) is 19.4 Å². The van der Waals surface area contributed by atoms with E-state index in [0.29, 0.717) is 6.54 Å². The van der Waals surface area contributed by atoms with Crippen LogP contribution >= 0.6 is 0 Å². The van der Waals surface area contributed by atoms with E-state index in [1.807, 2.05) is 0 Å². The molecule has 0 aliphatic rings. The van der Waals surface area contributed by atoms with Gasteiger partial charge in [-0.2, -0.15) is 0 Å². The van der Waals surface area contributed by atoms with Gasteiger partial charge in [-0.15, -0.1) is 0 Å². The van der Waals surface area contributed by atoms with Crippen LogP contribution in [0.15, 0.2) is 30.6 Å². The Hall–Kier alpha value is -1.61. The Morgan fingerprint density at radius 3 is 2.62 bits per heavy atom. The van der Waals surface area contributed by atoms with Gasteiger partial charge in [-0.25, -0.2) is 4.98 Å². The number of hydrogen-bond donors (Lipinski definition) is 2. The topological polar surface area (TPSA) is 54.7 Å². The van der Waals surface area contributed by atoms with Crippen molar-refractivity contribution in [1.29, 1.82) is 0 Å². The summed E-state index contributed by atoms with van der Waals surface area (Å²) in [5.41, 5.74) is 10.4. The highest BCUT2D eigenvalue weighted by Crippen LogP contribution is 2.09. The van der Waals surface area contributed by atoms with Crippen molar-refractivity contribution in [2.75, 3.05) is 0 Å². The van der Waals surface area contributed by atoms with Crippen LogP contribution in [0.2, 0.25) is 0 Å². The van der Waals surface area contributed by atoms with Crippen molar-refractivity contribution in [3.8, 4) is 0 Å². The smallest absolute Gasteiger partial charge is 0.0925 e. The Labute approximate surface area is 95.7 Å². The number of aryl methyl sites for hydroxylation is 3. The highest BCUT2D eigenvalue weighted by Gasteiger charge is 2.03. The molecule has 0 aliphatic carbocycles. The van der Waals surface area contributed by atoms with Crippen LogP contribution in [0.5, 0.6) is 0 Å². The lowest BCUT2D eigenvalue weighted by Crippen LogP contribution is -2.02. The number of hydrogen-bond acceptors (Lipinski definition) is 2. The monoisotopic (exact) mass is 215 g/mol. The molecule has 0 spiro atoms. The fraction of sp³-hybridized carbons (Fsp3) is 0.308. The molecule has 0 unspecified atom stereocenters. The number of nitrogens with two attached hydrogens (primary N) is 1. The fourth-order valence-electron chi connectivity index (χ4n) is 1.76. The molecule has 1 aromatic carbocycles. The van der Waals surface area contributed by atoms with E-state index in [0.717, 1.165) is 24.2 Å². The number of nitrogens with one attached hydrogen (secondary N) is 1. The van der Waals surface area contributed by atoms with Crippen LogP contribution in [0.1, 0.15) is 22.5 Å². The number of imidazole rings is 1. The first-order valence-electron chi connectivity index (χ1n) is 5.56. The predicted molar refractivity (Wildman–Crippen MR) is 65.1 cm³/mol. The van der Waals surface area contributed by atoms with E-state index in [1.54, 1.807) is 6.33 Å². The average Bonchev–Trinajstić information content (AvgIpc) is 2.76. The molecule has 0 bridgehead atoms. The first-order chi connectivity index (χ1) is 7.79. The molecular weight excluding hydrogens is 198 g/mol. The van der Waals surface area contributed by atoms with Crippen LogP contribution in [0.4, 0.5) is 0 Å². The molecule has 84 valence electrons. The van der Waals surface area contributed by atoms with Gasteiger partial charge in [0.1, 0.15) is 0 Å². The lowest BCUT2D eigenvalue weighted by molar-refractivity contribution is 0.884. The summed E-state index contributed by atoms with van der Waals surface area (Å²) in [6.07, 6.45) is 3.67. The molecule has 0 atom stereocenters. The number of H-pyrrole nitrogens is 1. The minimum absolute atomic E-state index is 0.531. The largest absolute Gasteiger partial charge is 0.347 e. The summed E-state index contributed by atoms with van der Waals surface area (Å²) in [5, 5.41) is 0. The highest BCUT2D eigenvalue weighted by molar-refractivity contribution is 5.22. The molecule has 0 fully saturated rings. The molecule has 1 heterocycles. The van der Waals surface area contributed by atoms with Crippen LogP contribution in [0.3, 0.4) is 0 Å². The van der Waals surface area contributed by atoms with E-state index in [4.69, 9.17) is 5.73 Å². The summed E-state index contributed by atoms with van der Waals surface area (Å²) in [6.45, 7) is 2.63. The quantitative estimate of drug-likeness (QED) is 0.819. The number of benzene rings is 1. The minimum Gasteiger partial charge on any atom is -0.347 e. The molecular formula is C13H17N3. The number of nitrogens with zero attached hydrogens (tertiary/aromatic N) is 1. The van der Waals surface area contributed by atoms with E-state index in [9.17, 15) is 0 Å². The normalized spacial score (nSPS) is 10.6. The summed E-state index contributed by atoms with van der Waals surface area (Å²) < 4.78 is 0. The van der Waals surface area contributed by atoms with Crippen molar-refractivity contribution >= 4 is 0 Å². The van der Waals surface area contributed by atoms with E-state index in [2.05, 4.69) is 41.2 Å². The van der Waals surface area contributed by atoms with Gasteiger partial charge in [0.15, 0.2) is 0 Å². The standard InChI is InChI=1S/C13H17N3/c1-10-2-4-11(5-3-10)6-7-12-13(8-14)16-9-15-12/h2-5,9H,6-8,14H2,1H3,(H,15,16). The van der Waals surface area contributed by atoms with E-state index < -0.39 is 0 Å². The van der Waals surface area contributed by atoms with Crippen LogP contribution in [-0.4, -0.2) is 9.97 Å². The van der Waals surface area contributed by atoms with Crippen molar-refractivity contribution in [3.63, 3.8) is 0 Å². The minimum atomic E-state index is 0.531. The Kier molecular flexibility index (Phi) is 3.37. The molecule has 16 heavy (non-hydrogen) atoms. The number of aromatic amines is 1. The van der Waals surface area contributed by atoms with Crippen molar-refractivity contribution < 1.29 is 0 Å². The zero-order valence-electron chi connectivity index (χ0n) is 9.53. The van der Waals surface area contributed by atoms with E-state index in [1.165, 1.54) is 11.1 Å². The molecule has 0 amide bonds. The van der Waals surface area contributed by atoms with Crippen molar-refractivity contribution in [2.45, 2.75) is 26.3 Å². The first kappa shape index (κ1) is 10.9. The highest BCUT2D eigenvalue weighted by atomic mass is 14.9. The molecule has 0 radical (unpaired) electrons. The number of rotatable bonds is 4. The van der Waals surface area contributed by atoms with Gasteiger partial charge in [-0.3, -0.25) is 0 Å². The molecule has 3 heteroatoms. The van der Waals surface area contributed by atoms with E-state index in [-0.39, 0.29) is 0 Å². The van der Waals surface area contributed by atoms with Gasteiger partial charge in [0.2, 0.25) is 0 Å². The second-order valence-corrected chi connectivity index (χ2v) is 4.02. The zero-order valence-corrected chi connectivity index (χ0v) is 9.53. The third-order valence-corrected chi connectivity index (χ3v) is 2.78. The molecule has 0 saturated heterocycles. The van der Waals surface area contributed by atoms with Crippen LogP contribution in [0, 0.1) is 6.92 Å². The second-order valence-electron chi connectivity index (χ2n) is 4.02. The summed E-state index contributed by atoms with van der Waals surface area (Å²) in [6, 6.07) is 8.63. The number of aromatic nitrogens is 2. The lowest BCUT2D eigenvalue weighted by Gasteiger charge is -2.02. The van der Waals surface area contributed by atoms with Crippen molar-refractivity contribution in [2.24, 2.45) is 5.73 Å². The molecule has 3 nitrogen and oxygen atoms in total. The Morgan fingerprint density at radius 2 is 1.94 bits per heavy atom. The van der Waals surface area contributed by atoms with Crippen LogP contribution in [0.25, 0.3) is 0 Å². The van der Waals surface area contributed by atoms with Crippen LogP contribution < -0.4 is 5.73 Å². The molecule has 1 aromatic heterocycles. The summed E-state index contributed by atoms with van der Waals surface area (Å²) in [4.78, 5) is 7.35. The van der Waals surface area contributed by atoms with Gasteiger partial charge in [-0.1, -0.05) is 29.8 Å². The maximum Gasteiger partial charge on any atom is 0.0925 e. The van der Waals surface area contributed by atoms with Gasteiger partial charge < -0.3 is 10.7 Å². The SMILES string of the molecule is Cc1ccc(CCc2nc[nH]c2CN)cc1. The predicted octanol–water partition coefficient (Wildman–Crippen LogP) is 1.96. The van der Waals surface area contributed by atoms with Gasteiger partial charge in [0.25, 0.3) is 0 Å². The van der Waals surface area contributed by atoms with Gasteiger partial charge in [0, 0.05) is 6.54 Å². The molecule has 0 saturated carbocycles. The second kappa shape index (κ2) is 4.94. The van der Waals surface area contributed by atoms with Crippen molar-refractivity contribution in [3.05, 3.63) is 53.1 Å². The Balaban J connectivity index is 1.99. The third kappa shape index (κ3) is 2.49. The van der Waals surface area contributed by atoms with Crippen molar-refractivity contribution in [1.82, 2.24) is 9.97 Å². The molecule has 3 N–H and O–H groups in total. The Morgan fingerprint density at radius 1 is 1.19 bits per heavy atom. The Bertz CT molecular complexity index is 442. The summed E-state index contributed by atoms with van der Waals surface area (Å²) in [7, 11) is 0. The lowest BCUT2D eigenvalue weighted by atomic mass is 10.1. The third-order valence-electron chi connectivity index (χ3n) is 2.78. The zero-order chi connectivity index (χ0) is 11.4. The first-order valence-corrected chi connectivity index (χ1v) is 5.56. The molecule has 0 aliphatic heterocycles. The van der Waals surface area contributed by atoms with Gasteiger partial charge in [-0.05, 0) is 25.3 Å². The average molecular weight is 215 g/mol. The summed E-state index contributed by atoms with van der Waals surface area (Å²) >= 11 is 0. The van der Waals surface area contributed by atoms with Gasteiger partial charge >= 0.3 is 0 Å². The molecule has 2 aromatic rings. The van der Waals surface area contributed by atoms with E-state index >= 15 is 0 Å². The van der Waals surface area contributed by atoms with Gasteiger partial charge in [0.05, 0.1) is 17.7 Å². The fourth-order valence-corrected chi connectivity index (χ4v) is 1.76. The summed E-state index contributed by atoms with van der Waals surface area (Å²) in [5.74, 6) is 0. The molecule has 2 rings (SSSR count). The maximum atomic E-state index is 5.61. The maximum absolute atomic E-state index is 5.61.